The molecule has 0 aliphatic carbocycles. The maximum Gasteiger partial charge on any atom is 0.262 e. The third-order valence-corrected chi connectivity index (χ3v) is 4.61. The van der Waals surface area contributed by atoms with Gasteiger partial charge in [-0.3, -0.25) is 29.0 Å². The Hall–Kier alpha value is -2.54. The van der Waals surface area contributed by atoms with E-state index in [1.54, 1.807) is 24.3 Å². The second kappa shape index (κ2) is 6.76. The fourth-order valence-electron chi connectivity index (χ4n) is 3.33. The van der Waals surface area contributed by atoms with E-state index >= 15 is 0 Å². The number of likely N-dealkylation sites (tertiary alicyclic amines) is 1. The quantitative estimate of drug-likeness (QED) is 0.738. The zero-order chi connectivity index (χ0) is 18.1. The molecule has 1 atom stereocenters. The number of rotatable bonds is 5. The summed E-state index contributed by atoms with van der Waals surface area (Å²) in [5.41, 5.74) is 0.632. The summed E-state index contributed by atoms with van der Waals surface area (Å²) in [6, 6.07) is 5.65. The number of fused-ring (bicyclic) bond motifs is 1. The molecular formula is C18H21N3O4. The predicted molar refractivity (Wildman–Crippen MR) is 89.9 cm³/mol. The molecule has 3 rings (SSSR count). The lowest BCUT2D eigenvalue weighted by atomic mass is 10.0. The lowest BCUT2D eigenvalue weighted by Gasteiger charge is -2.34. The van der Waals surface area contributed by atoms with Crippen LogP contribution in [0.1, 0.15) is 40.0 Å². The number of carbonyl (C=O) groups excluding carboxylic acids is 4. The number of imide groups is 2. The first-order valence-electron chi connectivity index (χ1n) is 8.37. The lowest BCUT2D eigenvalue weighted by molar-refractivity contribution is -0.151. The molecule has 1 aromatic carbocycles. The topological polar surface area (TPSA) is 78.0 Å². The van der Waals surface area contributed by atoms with Crippen LogP contribution in [0.3, 0.4) is 0 Å². The van der Waals surface area contributed by atoms with Crippen LogP contribution in [-0.2, 0) is 9.59 Å². The first kappa shape index (κ1) is 17.3. The van der Waals surface area contributed by atoms with E-state index < -0.39 is 23.8 Å². The normalized spacial score (nSPS) is 20.7. The van der Waals surface area contributed by atoms with Gasteiger partial charge in [0.15, 0.2) is 0 Å². The van der Waals surface area contributed by atoms with Crippen molar-refractivity contribution in [2.45, 2.75) is 25.3 Å². The molecule has 1 aromatic rings. The molecule has 0 aromatic heterocycles. The van der Waals surface area contributed by atoms with Crippen LogP contribution in [0.15, 0.2) is 24.3 Å². The third kappa shape index (κ3) is 3.07. The highest BCUT2D eigenvalue weighted by molar-refractivity contribution is 6.23. The summed E-state index contributed by atoms with van der Waals surface area (Å²) >= 11 is 0. The Kier molecular flexibility index (Phi) is 4.67. The Morgan fingerprint density at radius 2 is 1.64 bits per heavy atom. The number of piperidine rings is 1. The van der Waals surface area contributed by atoms with Crippen molar-refractivity contribution in [2.24, 2.45) is 0 Å². The fraction of sp³-hybridized carbons (Fsp3) is 0.444. The smallest absolute Gasteiger partial charge is 0.262 e. The second-order valence-electron chi connectivity index (χ2n) is 6.62. The highest BCUT2D eigenvalue weighted by Gasteiger charge is 2.46. The molecule has 0 bridgehead atoms. The highest BCUT2D eigenvalue weighted by Crippen LogP contribution is 2.29. The number of hydrogen-bond donors (Lipinski definition) is 0. The summed E-state index contributed by atoms with van der Waals surface area (Å²) < 4.78 is 0. The molecule has 7 nitrogen and oxygen atoms in total. The Balaban J connectivity index is 1.79. The summed E-state index contributed by atoms with van der Waals surface area (Å²) in [7, 11) is 3.84. The van der Waals surface area contributed by atoms with E-state index in [9.17, 15) is 19.2 Å². The first-order valence-corrected chi connectivity index (χ1v) is 8.37. The van der Waals surface area contributed by atoms with E-state index in [-0.39, 0.29) is 18.7 Å². The molecule has 25 heavy (non-hydrogen) atoms. The van der Waals surface area contributed by atoms with E-state index in [2.05, 4.69) is 0 Å². The molecule has 2 heterocycles. The van der Waals surface area contributed by atoms with Crippen LogP contribution in [0, 0.1) is 0 Å². The van der Waals surface area contributed by atoms with Gasteiger partial charge in [0, 0.05) is 13.0 Å². The molecule has 1 saturated heterocycles. The molecular weight excluding hydrogens is 322 g/mol. The highest BCUT2D eigenvalue weighted by atomic mass is 16.2. The molecule has 0 spiro atoms. The molecule has 1 unspecified atom stereocenters. The minimum atomic E-state index is -0.899. The van der Waals surface area contributed by atoms with Crippen molar-refractivity contribution in [1.29, 1.82) is 0 Å². The van der Waals surface area contributed by atoms with Crippen LogP contribution >= 0.6 is 0 Å². The van der Waals surface area contributed by atoms with Crippen LogP contribution in [0.4, 0.5) is 0 Å². The molecule has 2 aliphatic rings. The Morgan fingerprint density at radius 1 is 1.04 bits per heavy atom. The molecule has 132 valence electrons. The van der Waals surface area contributed by atoms with E-state index in [4.69, 9.17) is 0 Å². The Labute approximate surface area is 146 Å². The SMILES string of the molecule is CN(C)CCCN1C(=O)CCC(N2C(=O)c3ccccc3C2=O)C1=O. The van der Waals surface area contributed by atoms with Crippen molar-refractivity contribution in [3.8, 4) is 0 Å². The number of benzene rings is 1. The van der Waals surface area contributed by atoms with Crippen molar-refractivity contribution >= 4 is 23.6 Å². The van der Waals surface area contributed by atoms with Gasteiger partial charge in [-0.2, -0.15) is 0 Å². The summed E-state index contributed by atoms with van der Waals surface area (Å²) in [6.45, 7) is 1.05. The third-order valence-electron chi connectivity index (χ3n) is 4.61. The minimum absolute atomic E-state index is 0.159. The largest absolute Gasteiger partial charge is 0.309 e. The fourth-order valence-corrected chi connectivity index (χ4v) is 3.33. The maximum atomic E-state index is 12.8. The summed E-state index contributed by atoms with van der Waals surface area (Å²) in [4.78, 5) is 54.3. The van der Waals surface area contributed by atoms with Gasteiger partial charge < -0.3 is 4.90 Å². The second-order valence-corrected chi connectivity index (χ2v) is 6.62. The van der Waals surface area contributed by atoms with Crippen LogP contribution in [0.2, 0.25) is 0 Å². The van der Waals surface area contributed by atoms with Gasteiger partial charge in [0.25, 0.3) is 17.7 Å². The number of amides is 4. The van der Waals surface area contributed by atoms with Crippen molar-refractivity contribution in [3.63, 3.8) is 0 Å². The number of hydrogen-bond acceptors (Lipinski definition) is 5. The maximum absolute atomic E-state index is 12.8. The van der Waals surface area contributed by atoms with E-state index in [1.165, 1.54) is 4.90 Å². The van der Waals surface area contributed by atoms with Gasteiger partial charge in [-0.1, -0.05) is 12.1 Å². The zero-order valence-corrected chi connectivity index (χ0v) is 14.4. The molecule has 4 amide bonds. The van der Waals surface area contributed by atoms with Crippen LogP contribution in [0.5, 0.6) is 0 Å². The van der Waals surface area contributed by atoms with Crippen molar-refractivity contribution < 1.29 is 19.2 Å². The van der Waals surface area contributed by atoms with Gasteiger partial charge in [-0.25, -0.2) is 0 Å². The van der Waals surface area contributed by atoms with Gasteiger partial charge in [0.2, 0.25) is 5.91 Å². The summed E-state index contributed by atoms with van der Waals surface area (Å²) in [5.74, 6) is -1.61. The molecule has 0 N–H and O–H groups in total. The van der Waals surface area contributed by atoms with Gasteiger partial charge in [0.05, 0.1) is 11.1 Å². The average molecular weight is 343 g/mol. The number of nitrogens with zero attached hydrogens (tertiary/aromatic N) is 3. The Bertz CT molecular complexity index is 709. The van der Waals surface area contributed by atoms with Crippen LogP contribution in [-0.4, -0.2) is 71.6 Å². The van der Waals surface area contributed by atoms with E-state index in [0.29, 0.717) is 24.1 Å². The summed E-state index contributed by atoms with van der Waals surface area (Å²) in [5, 5.41) is 0. The van der Waals surface area contributed by atoms with Gasteiger partial charge in [-0.05, 0) is 45.6 Å². The monoisotopic (exact) mass is 343 g/mol. The van der Waals surface area contributed by atoms with Crippen LogP contribution < -0.4 is 0 Å². The van der Waals surface area contributed by atoms with Crippen molar-refractivity contribution in [2.75, 3.05) is 27.2 Å². The first-order chi connectivity index (χ1) is 11.9. The standard InChI is InChI=1S/C18H21N3O4/c1-19(2)10-5-11-20-15(22)9-8-14(18(20)25)21-16(23)12-6-3-4-7-13(12)17(21)24/h3-4,6-7,14H,5,8-11H2,1-2H3. The predicted octanol–water partition coefficient (Wildman–Crippen LogP) is 0.752. The van der Waals surface area contributed by atoms with Gasteiger partial charge in [-0.15, -0.1) is 0 Å². The molecule has 0 radical (unpaired) electrons. The van der Waals surface area contributed by atoms with E-state index in [1.807, 2.05) is 19.0 Å². The number of carbonyl (C=O) groups is 4. The average Bonchev–Trinajstić information content (AvgIpc) is 2.83. The molecule has 1 fully saturated rings. The van der Waals surface area contributed by atoms with Gasteiger partial charge in [0.1, 0.15) is 6.04 Å². The zero-order valence-electron chi connectivity index (χ0n) is 14.4. The Morgan fingerprint density at radius 3 is 2.20 bits per heavy atom. The molecule has 7 heteroatoms. The molecule has 2 aliphatic heterocycles. The van der Waals surface area contributed by atoms with Gasteiger partial charge >= 0.3 is 0 Å². The molecule has 0 saturated carbocycles. The lowest BCUT2D eigenvalue weighted by Crippen LogP contribution is -2.56. The summed E-state index contributed by atoms with van der Waals surface area (Å²) in [6.07, 6.45) is 0.998. The van der Waals surface area contributed by atoms with Crippen LogP contribution in [0.25, 0.3) is 0 Å². The van der Waals surface area contributed by atoms with Crippen molar-refractivity contribution in [1.82, 2.24) is 14.7 Å². The van der Waals surface area contributed by atoms with Crippen molar-refractivity contribution in [3.05, 3.63) is 35.4 Å². The minimum Gasteiger partial charge on any atom is -0.309 e. The van der Waals surface area contributed by atoms with E-state index in [0.717, 1.165) is 11.4 Å².